The first-order valence-corrected chi connectivity index (χ1v) is 9.70. The molecule has 136 valence electrons. The number of aromatic nitrogens is 3. The number of hydrogen-bond donors (Lipinski definition) is 2. The fourth-order valence-electron chi connectivity index (χ4n) is 2.49. The van der Waals surface area contributed by atoms with Crippen molar-refractivity contribution in [1.82, 2.24) is 15.1 Å². The summed E-state index contributed by atoms with van der Waals surface area (Å²) in [5, 5.41) is 7.97. The van der Waals surface area contributed by atoms with Crippen molar-refractivity contribution in [3.05, 3.63) is 52.4 Å². The lowest BCUT2D eigenvalue weighted by Crippen LogP contribution is -2.08. The lowest BCUT2D eigenvalue weighted by atomic mass is 10.1. The first-order chi connectivity index (χ1) is 12.5. The molecular formula is C18H20ClN5OS. The van der Waals surface area contributed by atoms with Crippen LogP contribution >= 0.6 is 23.4 Å². The Labute approximate surface area is 161 Å². The van der Waals surface area contributed by atoms with Gasteiger partial charge in [-0.3, -0.25) is 0 Å². The van der Waals surface area contributed by atoms with E-state index in [0.717, 1.165) is 46.3 Å². The van der Waals surface area contributed by atoms with Crippen LogP contribution in [0.4, 0.5) is 11.8 Å². The van der Waals surface area contributed by atoms with E-state index >= 15 is 0 Å². The highest BCUT2D eigenvalue weighted by atomic mass is 35.5. The van der Waals surface area contributed by atoms with Crippen LogP contribution in [0.15, 0.2) is 34.9 Å². The molecule has 0 aliphatic rings. The average Bonchev–Trinajstić information content (AvgIpc) is 3.02. The van der Waals surface area contributed by atoms with Gasteiger partial charge in [-0.05, 0) is 25.5 Å². The van der Waals surface area contributed by atoms with Gasteiger partial charge in [0.15, 0.2) is 0 Å². The summed E-state index contributed by atoms with van der Waals surface area (Å²) in [5.74, 6) is 3.48. The van der Waals surface area contributed by atoms with Gasteiger partial charge in [0.2, 0.25) is 5.95 Å². The Hall–Kier alpha value is -2.25. The molecule has 0 bridgehead atoms. The van der Waals surface area contributed by atoms with E-state index in [2.05, 4.69) is 20.4 Å². The van der Waals surface area contributed by atoms with Crippen molar-refractivity contribution in [2.45, 2.75) is 19.6 Å². The number of nitrogen functional groups attached to an aromatic ring is 1. The van der Waals surface area contributed by atoms with Gasteiger partial charge in [0, 0.05) is 40.8 Å². The van der Waals surface area contributed by atoms with E-state index in [-0.39, 0.29) is 5.95 Å². The van der Waals surface area contributed by atoms with Crippen molar-refractivity contribution in [2.24, 2.45) is 0 Å². The predicted octanol–water partition coefficient (Wildman–Crippen LogP) is 4.33. The highest BCUT2D eigenvalue weighted by Crippen LogP contribution is 2.28. The average molecular weight is 390 g/mol. The van der Waals surface area contributed by atoms with Gasteiger partial charge in [0.25, 0.3) is 0 Å². The molecule has 0 fully saturated rings. The Morgan fingerprint density at radius 3 is 2.85 bits per heavy atom. The third-order valence-electron chi connectivity index (χ3n) is 3.77. The zero-order chi connectivity index (χ0) is 18.5. The molecule has 0 saturated carbocycles. The molecule has 26 heavy (non-hydrogen) atoms. The van der Waals surface area contributed by atoms with Crippen LogP contribution in [0.5, 0.6) is 0 Å². The lowest BCUT2D eigenvalue weighted by molar-refractivity contribution is 0.393. The lowest BCUT2D eigenvalue weighted by Gasteiger charge is -2.10. The number of benzene rings is 1. The number of rotatable bonds is 7. The van der Waals surface area contributed by atoms with Gasteiger partial charge in [-0.1, -0.05) is 28.9 Å². The topological polar surface area (TPSA) is 89.9 Å². The van der Waals surface area contributed by atoms with Gasteiger partial charge in [-0.25, -0.2) is 4.98 Å². The van der Waals surface area contributed by atoms with E-state index in [1.54, 1.807) is 11.8 Å². The van der Waals surface area contributed by atoms with Crippen molar-refractivity contribution in [2.75, 3.05) is 23.3 Å². The first-order valence-electron chi connectivity index (χ1n) is 8.17. The Kier molecular flexibility index (Phi) is 6.00. The molecule has 0 spiro atoms. The first kappa shape index (κ1) is 18.5. The third-order valence-corrected chi connectivity index (χ3v) is 5.17. The largest absolute Gasteiger partial charge is 0.369 e. The zero-order valence-electron chi connectivity index (χ0n) is 14.6. The second-order valence-electron chi connectivity index (χ2n) is 5.82. The number of aryl methyl sites for hydroxylation is 1. The van der Waals surface area contributed by atoms with E-state index < -0.39 is 0 Å². The minimum Gasteiger partial charge on any atom is -0.369 e. The summed E-state index contributed by atoms with van der Waals surface area (Å²) in [5.41, 5.74) is 9.50. The van der Waals surface area contributed by atoms with Crippen LogP contribution in [0.2, 0.25) is 5.02 Å². The van der Waals surface area contributed by atoms with Crippen molar-refractivity contribution < 1.29 is 4.52 Å². The monoisotopic (exact) mass is 389 g/mol. The van der Waals surface area contributed by atoms with Crippen LogP contribution in [0.3, 0.4) is 0 Å². The van der Waals surface area contributed by atoms with Gasteiger partial charge >= 0.3 is 0 Å². The van der Waals surface area contributed by atoms with Gasteiger partial charge in [0.05, 0.1) is 11.4 Å². The summed E-state index contributed by atoms with van der Waals surface area (Å²) in [6.45, 7) is 4.61. The fraction of sp³-hybridized carbons (Fsp3) is 0.278. The summed E-state index contributed by atoms with van der Waals surface area (Å²) < 4.78 is 5.06. The molecule has 0 aliphatic heterocycles. The van der Waals surface area contributed by atoms with Crippen LogP contribution in [-0.2, 0) is 5.75 Å². The van der Waals surface area contributed by atoms with E-state index in [0.29, 0.717) is 10.8 Å². The molecule has 6 nitrogen and oxygen atoms in total. The Morgan fingerprint density at radius 2 is 2.08 bits per heavy atom. The number of nitrogens with one attached hydrogen (secondary N) is 1. The van der Waals surface area contributed by atoms with Gasteiger partial charge < -0.3 is 15.6 Å². The van der Waals surface area contributed by atoms with Crippen molar-refractivity contribution in [3.8, 4) is 11.3 Å². The molecule has 2 heterocycles. The van der Waals surface area contributed by atoms with Crippen LogP contribution in [0, 0.1) is 13.8 Å². The molecule has 1 aromatic carbocycles. The highest BCUT2D eigenvalue weighted by Gasteiger charge is 2.09. The molecular weight excluding hydrogens is 370 g/mol. The maximum absolute atomic E-state index is 6.21. The summed E-state index contributed by atoms with van der Waals surface area (Å²) in [4.78, 5) is 8.59. The summed E-state index contributed by atoms with van der Waals surface area (Å²) >= 11 is 7.98. The minimum atomic E-state index is 0.232. The van der Waals surface area contributed by atoms with E-state index in [1.165, 1.54) is 0 Å². The Bertz CT molecular complexity index is 899. The second-order valence-corrected chi connectivity index (χ2v) is 7.33. The Balaban J connectivity index is 1.60. The second kappa shape index (κ2) is 8.42. The summed E-state index contributed by atoms with van der Waals surface area (Å²) in [7, 11) is 0. The standard InChI is InChI=1S/C18H20ClN5OS/c1-11-8-13(24-25-11)10-26-7-6-21-17-9-16(22-18(20)23-17)14-4-3-5-15(19)12(14)2/h3-5,8-9H,6-7,10H2,1-2H3,(H3,20,21,22,23). The number of hydrogen-bond acceptors (Lipinski definition) is 7. The molecule has 0 aliphatic carbocycles. The quantitative estimate of drug-likeness (QED) is 0.581. The van der Waals surface area contributed by atoms with Crippen LogP contribution in [0.1, 0.15) is 17.0 Å². The van der Waals surface area contributed by atoms with Gasteiger partial charge in [-0.15, -0.1) is 0 Å². The molecule has 0 atom stereocenters. The van der Waals surface area contributed by atoms with E-state index in [9.17, 15) is 0 Å². The third kappa shape index (κ3) is 4.68. The molecule has 3 aromatic rings. The molecule has 0 saturated heterocycles. The van der Waals surface area contributed by atoms with Crippen molar-refractivity contribution >= 4 is 35.1 Å². The van der Waals surface area contributed by atoms with Crippen LogP contribution < -0.4 is 11.1 Å². The van der Waals surface area contributed by atoms with E-state index in [4.69, 9.17) is 21.9 Å². The number of thioether (sulfide) groups is 1. The number of anilines is 2. The van der Waals surface area contributed by atoms with Gasteiger partial charge in [0.1, 0.15) is 11.6 Å². The predicted molar refractivity (Wildman–Crippen MR) is 108 cm³/mol. The molecule has 3 rings (SSSR count). The van der Waals surface area contributed by atoms with Crippen molar-refractivity contribution in [3.63, 3.8) is 0 Å². The molecule has 0 amide bonds. The highest BCUT2D eigenvalue weighted by molar-refractivity contribution is 7.98. The zero-order valence-corrected chi connectivity index (χ0v) is 16.2. The van der Waals surface area contributed by atoms with Crippen LogP contribution in [-0.4, -0.2) is 27.4 Å². The normalized spacial score (nSPS) is 10.9. The Morgan fingerprint density at radius 1 is 1.23 bits per heavy atom. The van der Waals surface area contributed by atoms with Gasteiger partial charge in [-0.2, -0.15) is 16.7 Å². The maximum Gasteiger partial charge on any atom is 0.222 e. The molecule has 0 unspecified atom stereocenters. The molecule has 0 radical (unpaired) electrons. The summed E-state index contributed by atoms with van der Waals surface area (Å²) in [6.07, 6.45) is 0. The number of halogens is 1. The van der Waals surface area contributed by atoms with Crippen LogP contribution in [0.25, 0.3) is 11.3 Å². The number of nitrogens with two attached hydrogens (primary N) is 1. The smallest absolute Gasteiger partial charge is 0.222 e. The minimum absolute atomic E-state index is 0.232. The number of nitrogens with zero attached hydrogens (tertiary/aromatic N) is 3. The molecule has 3 N–H and O–H groups in total. The maximum atomic E-state index is 6.21. The fourth-order valence-corrected chi connectivity index (χ4v) is 3.40. The summed E-state index contributed by atoms with van der Waals surface area (Å²) in [6, 6.07) is 9.57. The molecule has 8 heteroatoms. The van der Waals surface area contributed by atoms with Crippen molar-refractivity contribution in [1.29, 1.82) is 0 Å². The SMILES string of the molecule is Cc1cc(CSCCNc2cc(-c3cccc(Cl)c3C)nc(N)n2)no1. The molecule has 2 aromatic heterocycles. The van der Waals surface area contributed by atoms with E-state index in [1.807, 2.05) is 44.2 Å².